The Hall–Kier alpha value is -0.760. The number of likely N-dealkylation sites (tertiary alicyclic amines) is 1. The largest absolute Gasteiger partial charge is 0.355 e. The molecule has 5 nitrogen and oxygen atoms in total. The minimum atomic E-state index is 0.0896. The van der Waals surface area contributed by atoms with Crippen molar-refractivity contribution < 1.29 is 9.59 Å². The molecule has 1 saturated heterocycles. The summed E-state index contributed by atoms with van der Waals surface area (Å²) in [6, 6.07) is 4.11. The average Bonchev–Trinajstić information content (AvgIpc) is 3.00. The highest BCUT2D eigenvalue weighted by molar-refractivity contribution is 7.99. The van der Waals surface area contributed by atoms with Crippen molar-refractivity contribution in [1.29, 1.82) is 0 Å². The monoisotopic (exact) mass is 403 g/mol. The molecule has 1 aliphatic heterocycles. The van der Waals surface area contributed by atoms with E-state index in [0.29, 0.717) is 12.3 Å². The fourth-order valence-electron chi connectivity index (χ4n) is 2.70. The number of thiophene rings is 1. The van der Waals surface area contributed by atoms with E-state index in [2.05, 4.69) is 15.5 Å². The van der Waals surface area contributed by atoms with Gasteiger partial charge in [-0.1, -0.05) is 18.5 Å². The van der Waals surface area contributed by atoms with Crippen molar-refractivity contribution in [2.24, 2.45) is 0 Å². The molecule has 2 rings (SSSR count). The van der Waals surface area contributed by atoms with E-state index in [-0.39, 0.29) is 17.9 Å². The van der Waals surface area contributed by atoms with E-state index >= 15 is 0 Å². The fourth-order valence-corrected chi connectivity index (χ4v) is 4.74. The van der Waals surface area contributed by atoms with E-state index in [9.17, 15) is 9.59 Å². The lowest BCUT2D eigenvalue weighted by molar-refractivity contribution is -0.123. The van der Waals surface area contributed by atoms with Gasteiger partial charge in [-0.25, -0.2) is 0 Å². The van der Waals surface area contributed by atoms with E-state index in [1.807, 2.05) is 19.1 Å². The first kappa shape index (κ1) is 20.6. The van der Waals surface area contributed by atoms with Crippen LogP contribution in [0.2, 0.25) is 4.34 Å². The molecule has 0 unspecified atom stereocenters. The second-order valence-electron chi connectivity index (χ2n) is 6.17. The number of amides is 2. The van der Waals surface area contributed by atoms with Gasteiger partial charge in [0.05, 0.1) is 16.6 Å². The van der Waals surface area contributed by atoms with Gasteiger partial charge in [-0.3, -0.25) is 14.5 Å². The molecule has 0 aliphatic carbocycles. The van der Waals surface area contributed by atoms with Crippen LogP contribution in [-0.2, 0) is 15.3 Å². The number of halogens is 1. The van der Waals surface area contributed by atoms with Gasteiger partial charge in [-0.15, -0.1) is 23.1 Å². The molecule has 8 heteroatoms. The molecule has 1 aromatic heterocycles. The Kier molecular flexibility index (Phi) is 9.09. The van der Waals surface area contributed by atoms with Gasteiger partial charge in [-0.05, 0) is 31.4 Å². The standard InChI is InChI=1S/C17H26ClN3O2S2/c1-2-7-19-16(22)10-21-8-5-13(6-9-21)20-17(23)12-24-11-14-3-4-15(18)25-14/h3-4,13H,2,5-12H2,1H3,(H,19,22)(H,20,23). The summed E-state index contributed by atoms with van der Waals surface area (Å²) >= 11 is 9.07. The van der Waals surface area contributed by atoms with E-state index in [4.69, 9.17) is 11.6 Å². The first-order valence-electron chi connectivity index (χ1n) is 8.67. The highest BCUT2D eigenvalue weighted by Crippen LogP contribution is 2.25. The smallest absolute Gasteiger partial charge is 0.234 e. The first-order chi connectivity index (χ1) is 12.1. The van der Waals surface area contributed by atoms with Gasteiger partial charge in [0.25, 0.3) is 0 Å². The Labute approximate surface area is 162 Å². The number of hydrogen-bond acceptors (Lipinski definition) is 5. The number of piperidine rings is 1. The second kappa shape index (κ2) is 11.1. The zero-order valence-electron chi connectivity index (χ0n) is 14.6. The van der Waals surface area contributed by atoms with E-state index in [0.717, 1.165) is 49.0 Å². The molecule has 25 heavy (non-hydrogen) atoms. The lowest BCUT2D eigenvalue weighted by Gasteiger charge is -2.31. The van der Waals surface area contributed by atoms with Crippen LogP contribution < -0.4 is 10.6 Å². The van der Waals surface area contributed by atoms with Crippen LogP contribution in [0.3, 0.4) is 0 Å². The van der Waals surface area contributed by atoms with E-state index in [1.54, 1.807) is 23.1 Å². The maximum absolute atomic E-state index is 12.1. The summed E-state index contributed by atoms with van der Waals surface area (Å²) < 4.78 is 0.787. The normalized spacial score (nSPS) is 15.9. The number of nitrogens with zero attached hydrogens (tertiary/aromatic N) is 1. The number of carbonyl (C=O) groups excluding carboxylic acids is 2. The topological polar surface area (TPSA) is 61.4 Å². The van der Waals surface area contributed by atoms with Crippen LogP contribution in [0.4, 0.5) is 0 Å². The maximum Gasteiger partial charge on any atom is 0.234 e. The number of rotatable bonds is 9. The predicted octanol–water partition coefficient (Wildman–Crippen LogP) is 2.74. The quantitative estimate of drug-likeness (QED) is 0.665. The van der Waals surface area contributed by atoms with Gasteiger partial charge in [-0.2, -0.15) is 0 Å². The summed E-state index contributed by atoms with van der Waals surface area (Å²) in [5.74, 6) is 1.46. The minimum Gasteiger partial charge on any atom is -0.355 e. The molecule has 1 aliphatic rings. The van der Waals surface area contributed by atoms with Crippen molar-refractivity contribution in [2.45, 2.75) is 38.0 Å². The van der Waals surface area contributed by atoms with Gasteiger partial charge in [0.1, 0.15) is 0 Å². The zero-order valence-corrected chi connectivity index (χ0v) is 16.9. The van der Waals surface area contributed by atoms with Gasteiger partial charge >= 0.3 is 0 Å². The summed E-state index contributed by atoms with van der Waals surface area (Å²) in [5.41, 5.74) is 0. The first-order valence-corrected chi connectivity index (χ1v) is 11.0. The maximum atomic E-state index is 12.1. The van der Waals surface area contributed by atoms with Crippen molar-refractivity contribution in [3.05, 3.63) is 21.3 Å². The Morgan fingerprint density at radius 1 is 1.32 bits per heavy atom. The molecule has 1 aromatic rings. The molecule has 0 atom stereocenters. The molecule has 2 N–H and O–H groups in total. The summed E-state index contributed by atoms with van der Waals surface area (Å²) in [5, 5.41) is 6.01. The Balaban J connectivity index is 1.57. The Morgan fingerprint density at radius 3 is 2.72 bits per heavy atom. The van der Waals surface area contributed by atoms with Crippen molar-refractivity contribution in [1.82, 2.24) is 15.5 Å². The Morgan fingerprint density at radius 2 is 2.08 bits per heavy atom. The molecule has 2 heterocycles. The number of carbonyl (C=O) groups is 2. The summed E-state index contributed by atoms with van der Waals surface area (Å²) in [7, 11) is 0. The molecule has 2 amide bonds. The SMILES string of the molecule is CCCNC(=O)CN1CCC(NC(=O)CSCc2ccc(Cl)s2)CC1. The van der Waals surface area contributed by atoms with E-state index < -0.39 is 0 Å². The average molecular weight is 404 g/mol. The third-order valence-electron chi connectivity index (χ3n) is 4.00. The van der Waals surface area contributed by atoms with Crippen molar-refractivity contribution >= 4 is 46.5 Å². The highest BCUT2D eigenvalue weighted by atomic mass is 35.5. The van der Waals surface area contributed by atoms with Crippen LogP contribution in [-0.4, -0.2) is 54.7 Å². The zero-order chi connectivity index (χ0) is 18.1. The molecule has 0 radical (unpaired) electrons. The number of thioether (sulfide) groups is 1. The molecular weight excluding hydrogens is 378 g/mol. The highest BCUT2D eigenvalue weighted by Gasteiger charge is 2.21. The number of nitrogens with one attached hydrogen (secondary N) is 2. The molecule has 0 aromatic carbocycles. The van der Waals surface area contributed by atoms with Crippen molar-refractivity contribution in [2.75, 3.05) is 31.9 Å². The predicted molar refractivity (Wildman–Crippen MR) is 106 cm³/mol. The van der Waals surface area contributed by atoms with Crippen LogP contribution >= 0.6 is 34.7 Å². The Bertz CT molecular complexity index is 560. The van der Waals surface area contributed by atoms with Gasteiger partial charge < -0.3 is 10.6 Å². The van der Waals surface area contributed by atoms with Crippen LogP contribution in [0.15, 0.2) is 12.1 Å². The molecule has 1 fully saturated rings. The molecular formula is C17H26ClN3O2S2. The van der Waals surface area contributed by atoms with Crippen molar-refractivity contribution in [3.8, 4) is 0 Å². The van der Waals surface area contributed by atoms with Crippen LogP contribution in [0.5, 0.6) is 0 Å². The van der Waals surface area contributed by atoms with Gasteiger partial charge in [0, 0.05) is 36.3 Å². The molecule has 0 bridgehead atoms. The van der Waals surface area contributed by atoms with Crippen LogP contribution in [0.1, 0.15) is 31.1 Å². The lowest BCUT2D eigenvalue weighted by Crippen LogP contribution is -2.47. The van der Waals surface area contributed by atoms with Gasteiger partial charge in [0.2, 0.25) is 11.8 Å². The molecule has 0 saturated carbocycles. The van der Waals surface area contributed by atoms with Crippen molar-refractivity contribution in [3.63, 3.8) is 0 Å². The second-order valence-corrected chi connectivity index (χ2v) is 8.95. The number of hydrogen-bond donors (Lipinski definition) is 2. The lowest BCUT2D eigenvalue weighted by atomic mass is 10.1. The van der Waals surface area contributed by atoms with Crippen LogP contribution in [0, 0.1) is 0 Å². The summed E-state index contributed by atoms with van der Waals surface area (Å²) in [4.78, 5) is 27.1. The third-order valence-corrected chi connectivity index (χ3v) is 6.39. The molecule has 0 spiro atoms. The third kappa shape index (κ3) is 7.98. The summed E-state index contributed by atoms with van der Waals surface area (Å²) in [6.45, 7) is 4.94. The van der Waals surface area contributed by atoms with E-state index in [1.165, 1.54) is 4.88 Å². The van der Waals surface area contributed by atoms with Crippen LogP contribution in [0.25, 0.3) is 0 Å². The van der Waals surface area contributed by atoms with Gasteiger partial charge in [0.15, 0.2) is 0 Å². The fraction of sp³-hybridized carbons (Fsp3) is 0.647. The summed E-state index contributed by atoms with van der Waals surface area (Å²) in [6.07, 6.45) is 2.76. The molecule has 140 valence electrons. The minimum absolute atomic E-state index is 0.0896.